The monoisotopic (exact) mass is 358 g/mol. The van der Waals surface area contributed by atoms with E-state index in [0.29, 0.717) is 38.7 Å². The van der Waals surface area contributed by atoms with Crippen molar-refractivity contribution in [2.24, 2.45) is 5.10 Å². The topological polar surface area (TPSA) is 53.8 Å². The fraction of sp³-hybridized carbons (Fsp3) is 0.133. The van der Waals surface area contributed by atoms with Crippen LogP contribution < -0.4 is 10.2 Å². The SMILES string of the molecule is CCOc1ccc(/C=N/Nc2c(Cl)cc(Cl)cc2Cl)c(O)c1. The van der Waals surface area contributed by atoms with Crippen LogP contribution in [0.25, 0.3) is 0 Å². The summed E-state index contributed by atoms with van der Waals surface area (Å²) in [4.78, 5) is 0. The first kappa shape index (κ1) is 16.7. The molecule has 7 heteroatoms. The predicted octanol–water partition coefficient (Wildman–Crippen LogP) is 5.20. The molecule has 0 fully saturated rings. The van der Waals surface area contributed by atoms with Gasteiger partial charge in [0.1, 0.15) is 11.5 Å². The van der Waals surface area contributed by atoms with E-state index >= 15 is 0 Å². The number of nitrogens with zero attached hydrogens (tertiary/aromatic N) is 1. The number of anilines is 1. The Labute approximate surface area is 143 Å². The van der Waals surface area contributed by atoms with Gasteiger partial charge in [-0.1, -0.05) is 34.8 Å². The Morgan fingerprint density at radius 2 is 1.86 bits per heavy atom. The minimum absolute atomic E-state index is 0.0600. The summed E-state index contributed by atoms with van der Waals surface area (Å²) in [6, 6.07) is 8.07. The maximum absolute atomic E-state index is 9.89. The van der Waals surface area contributed by atoms with E-state index in [0.717, 1.165) is 0 Å². The fourth-order valence-corrected chi connectivity index (χ4v) is 2.61. The van der Waals surface area contributed by atoms with E-state index < -0.39 is 0 Å². The molecule has 0 aliphatic rings. The summed E-state index contributed by atoms with van der Waals surface area (Å²) >= 11 is 17.9. The lowest BCUT2D eigenvalue weighted by atomic mass is 10.2. The maximum Gasteiger partial charge on any atom is 0.128 e. The average molecular weight is 360 g/mol. The van der Waals surface area contributed by atoms with Crippen molar-refractivity contribution in [2.45, 2.75) is 6.92 Å². The molecule has 0 saturated carbocycles. The standard InChI is InChI=1S/C15H13Cl3N2O2/c1-2-22-11-4-3-9(14(21)7-11)8-19-20-15-12(17)5-10(16)6-13(15)18/h3-8,20-21H,2H2,1H3/b19-8+. The Bertz CT molecular complexity index is 682. The average Bonchev–Trinajstić information content (AvgIpc) is 2.44. The third-order valence-electron chi connectivity index (χ3n) is 2.70. The van der Waals surface area contributed by atoms with Gasteiger partial charge in [-0.25, -0.2) is 0 Å². The zero-order valence-electron chi connectivity index (χ0n) is 11.6. The Balaban J connectivity index is 2.13. The van der Waals surface area contributed by atoms with E-state index in [1.807, 2.05) is 6.92 Å². The molecule has 0 spiro atoms. The molecule has 116 valence electrons. The zero-order valence-corrected chi connectivity index (χ0v) is 13.9. The first-order valence-corrected chi connectivity index (χ1v) is 7.54. The molecule has 2 N–H and O–H groups in total. The molecule has 0 bridgehead atoms. The smallest absolute Gasteiger partial charge is 0.128 e. The van der Waals surface area contributed by atoms with E-state index in [1.165, 1.54) is 12.3 Å². The van der Waals surface area contributed by atoms with Crippen LogP contribution in [0.4, 0.5) is 5.69 Å². The van der Waals surface area contributed by atoms with Crippen LogP contribution in [-0.2, 0) is 0 Å². The Hall–Kier alpha value is -1.62. The van der Waals surface area contributed by atoms with Crippen molar-refractivity contribution < 1.29 is 9.84 Å². The number of aromatic hydroxyl groups is 1. The number of hydrogen-bond donors (Lipinski definition) is 2. The molecule has 0 heterocycles. The predicted molar refractivity (Wildman–Crippen MR) is 92.0 cm³/mol. The molecule has 0 atom stereocenters. The van der Waals surface area contributed by atoms with E-state index in [9.17, 15) is 5.11 Å². The molecule has 2 aromatic rings. The molecule has 0 unspecified atom stereocenters. The van der Waals surface area contributed by atoms with Crippen molar-refractivity contribution in [3.63, 3.8) is 0 Å². The van der Waals surface area contributed by atoms with Gasteiger partial charge >= 0.3 is 0 Å². The van der Waals surface area contributed by atoms with Gasteiger partial charge in [-0.05, 0) is 31.2 Å². The number of hydrazone groups is 1. The van der Waals surface area contributed by atoms with Gasteiger partial charge in [-0.15, -0.1) is 0 Å². The van der Waals surface area contributed by atoms with Crippen LogP contribution in [0.15, 0.2) is 35.4 Å². The highest BCUT2D eigenvalue weighted by atomic mass is 35.5. The van der Waals surface area contributed by atoms with Gasteiger partial charge in [0.2, 0.25) is 0 Å². The van der Waals surface area contributed by atoms with Crippen molar-refractivity contribution in [1.29, 1.82) is 0 Å². The number of phenolic OH excluding ortho intramolecular Hbond substituents is 1. The zero-order chi connectivity index (χ0) is 16.1. The van der Waals surface area contributed by atoms with Gasteiger partial charge in [0, 0.05) is 16.7 Å². The lowest BCUT2D eigenvalue weighted by Crippen LogP contribution is -1.94. The Kier molecular flexibility index (Phi) is 5.77. The van der Waals surface area contributed by atoms with E-state index in [1.54, 1.807) is 24.3 Å². The van der Waals surface area contributed by atoms with Crippen LogP contribution in [0, 0.1) is 0 Å². The number of phenols is 1. The first-order valence-electron chi connectivity index (χ1n) is 6.40. The van der Waals surface area contributed by atoms with Crippen LogP contribution in [-0.4, -0.2) is 17.9 Å². The van der Waals surface area contributed by atoms with Gasteiger partial charge in [-0.3, -0.25) is 5.43 Å². The van der Waals surface area contributed by atoms with E-state index in [2.05, 4.69) is 10.5 Å². The molecule has 4 nitrogen and oxygen atoms in total. The van der Waals surface area contributed by atoms with E-state index in [-0.39, 0.29) is 5.75 Å². The molecule has 0 aromatic heterocycles. The first-order chi connectivity index (χ1) is 10.5. The number of rotatable bonds is 5. The minimum atomic E-state index is 0.0600. The second-order valence-electron chi connectivity index (χ2n) is 4.27. The molecule has 0 amide bonds. The number of ether oxygens (including phenoxy) is 1. The number of halogens is 3. The Morgan fingerprint density at radius 1 is 1.18 bits per heavy atom. The molecule has 2 aromatic carbocycles. The van der Waals surface area contributed by atoms with Gasteiger partial charge in [0.25, 0.3) is 0 Å². The van der Waals surface area contributed by atoms with Crippen molar-refractivity contribution in [2.75, 3.05) is 12.0 Å². The van der Waals surface area contributed by atoms with Crippen molar-refractivity contribution in [3.05, 3.63) is 51.0 Å². The minimum Gasteiger partial charge on any atom is -0.507 e. The molecule has 0 aliphatic carbocycles. The highest BCUT2D eigenvalue weighted by Gasteiger charge is 2.07. The molecule has 0 radical (unpaired) electrons. The van der Waals surface area contributed by atoms with Gasteiger partial charge in [-0.2, -0.15) is 5.10 Å². The Morgan fingerprint density at radius 3 is 2.45 bits per heavy atom. The molecule has 2 rings (SSSR count). The summed E-state index contributed by atoms with van der Waals surface area (Å²) < 4.78 is 5.29. The summed E-state index contributed by atoms with van der Waals surface area (Å²) in [5, 5.41) is 15.0. The molecule has 0 saturated heterocycles. The summed E-state index contributed by atoms with van der Waals surface area (Å²) in [6.07, 6.45) is 1.45. The summed E-state index contributed by atoms with van der Waals surface area (Å²) in [5.41, 5.74) is 3.69. The molecule has 0 aliphatic heterocycles. The summed E-state index contributed by atoms with van der Waals surface area (Å²) in [6.45, 7) is 2.40. The quantitative estimate of drug-likeness (QED) is 0.570. The number of nitrogens with one attached hydrogen (secondary N) is 1. The normalized spacial score (nSPS) is 10.9. The van der Waals surface area contributed by atoms with Crippen molar-refractivity contribution in [1.82, 2.24) is 0 Å². The second-order valence-corrected chi connectivity index (χ2v) is 5.52. The van der Waals surface area contributed by atoms with Gasteiger partial charge in [0.15, 0.2) is 0 Å². The second kappa shape index (κ2) is 7.58. The number of benzene rings is 2. The largest absolute Gasteiger partial charge is 0.507 e. The molecule has 22 heavy (non-hydrogen) atoms. The highest BCUT2D eigenvalue weighted by molar-refractivity contribution is 6.41. The lowest BCUT2D eigenvalue weighted by molar-refractivity contribution is 0.337. The van der Waals surface area contributed by atoms with Crippen LogP contribution in [0.5, 0.6) is 11.5 Å². The van der Waals surface area contributed by atoms with Gasteiger partial charge in [0.05, 0.1) is 28.6 Å². The van der Waals surface area contributed by atoms with Crippen molar-refractivity contribution in [3.8, 4) is 11.5 Å². The van der Waals surface area contributed by atoms with Crippen LogP contribution >= 0.6 is 34.8 Å². The maximum atomic E-state index is 9.89. The van der Waals surface area contributed by atoms with E-state index in [4.69, 9.17) is 39.5 Å². The third kappa shape index (κ3) is 4.19. The van der Waals surface area contributed by atoms with Crippen LogP contribution in [0.3, 0.4) is 0 Å². The summed E-state index contributed by atoms with van der Waals surface area (Å²) in [5.74, 6) is 0.652. The van der Waals surface area contributed by atoms with Crippen molar-refractivity contribution >= 4 is 46.7 Å². The van der Waals surface area contributed by atoms with Crippen LogP contribution in [0.1, 0.15) is 12.5 Å². The third-order valence-corrected chi connectivity index (χ3v) is 3.51. The number of hydrogen-bond acceptors (Lipinski definition) is 4. The summed E-state index contributed by atoms with van der Waals surface area (Å²) in [7, 11) is 0. The van der Waals surface area contributed by atoms with Gasteiger partial charge < -0.3 is 9.84 Å². The highest BCUT2D eigenvalue weighted by Crippen LogP contribution is 2.33. The van der Waals surface area contributed by atoms with Crippen LogP contribution in [0.2, 0.25) is 15.1 Å². The molecular weight excluding hydrogens is 347 g/mol. The lowest BCUT2D eigenvalue weighted by Gasteiger charge is -2.07. The fourth-order valence-electron chi connectivity index (χ4n) is 1.70. The molecular formula is C15H13Cl3N2O2.